The quantitative estimate of drug-likeness (QED) is 0.0256. The zero-order valence-electron chi connectivity index (χ0n) is 87.7. The van der Waals surface area contributed by atoms with E-state index < -0.39 is 0 Å². The molecule has 804 valence electrons. The van der Waals surface area contributed by atoms with Crippen molar-refractivity contribution >= 4 is 107 Å². The Balaban J connectivity index is 0.000000821. The molecule has 0 saturated carbocycles. The predicted octanol–water partition coefficient (Wildman–Crippen LogP) is 1.45. The zero-order valence-corrected chi connectivity index (χ0v) is 87.7. The van der Waals surface area contributed by atoms with Gasteiger partial charge in [-0.2, -0.15) is 34.9 Å². The van der Waals surface area contributed by atoms with Gasteiger partial charge in [0, 0.05) is 194 Å². The molecule has 9 rings (SSSR count). The highest BCUT2D eigenvalue weighted by Gasteiger charge is 2.14. The van der Waals surface area contributed by atoms with Crippen LogP contribution < -0.4 is 120 Å². The second kappa shape index (κ2) is 69.9. The summed E-state index contributed by atoms with van der Waals surface area (Å²) in [5, 5.41) is 27.9. The van der Waals surface area contributed by atoms with Crippen molar-refractivity contribution < 1.29 is 39.8 Å². The Morgan fingerprint density at radius 1 is 0.274 bits per heavy atom. The van der Waals surface area contributed by atoms with E-state index in [9.17, 15) is 0 Å². The van der Waals surface area contributed by atoms with Crippen LogP contribution in [0, 0.1) is 78.5 Å². The van der Waals surface area contributed by atoms with Crippen molar-refractivity contribution in [2.75, 3.05) is 136 Å². The van der Waals surface area contributed by atoms with E-state index in [1.165, 1.54) is 4.90 Å². The Hall–Kier alpha value is -17.8. The lowest BCUT2D eigenvalue weighted by atomic mass is 10.3. The maximum absolute atomic E-state index is 7.54. The molecule has 0 atom stereocenters. The molecule has 0 aliphatic heterocycles. The molecule has 54 nitrogen and oxygen atoms in total. The third-order valence-electron chi connectivity index (χ3n) is 18.5. The van der Waals surface area contributed by atoms with Crippen LogP contribution >= 0.6 is 0 Å². The summed E-state index contributed by atoms with van der Waals surface area (Å²) in [5.41, 5.74) is 102. The van der Waals surface area contributed by atoms with E-state index in [-0.39, 0.29) is 83.4 Å². The third kappa shape index (κ3) is 60.2. The lowest BCUT2D eigenvalue weighted by Gasteiger charge is -2.16. The van der Waals surface area contributed by atoms with E-state index >= 15 is 0 Å². The van der Waals surface area contributed by atoms with Gasteiger partial charge in [0.25, 0.3) is 0 Å². The van der Waals surface area contributed by atoms with Gasteiger partial charge in [0.2, 0.25) is 41.7 Å². The number of likely N-dealkylation sites (N-methyl/N-ethyl adjacent to an activating group) is 4. The molecule has 0 spiro atoms. The van der Waals surface area contributed by atoms with Gasteiger partial charge in [-0.05, 0) is 172 Å². The Labute approximate surface area is 852 Å². The normalized spacial score (nSPS) is 11.6. The molecule has 0 amide bonds. The number of aryl methyl sites for hydroxylation is 9. The molecule has 54 heteroatoms. The van der Waals surface area contributed by atoms with Crippen molar-refractivity contribution in [1.29, 1.82) is 16.2 Å². The summed E-state index contributed by atoms with van der Waals surface area (Å²) < 4.78 is 48.7. The van der Waals surface area contributed by atoms with Crippen LogP contribution in [0.25, 0.3) is 0 Å². The Morgan fingerprint density at radius 3 is 0.842 bits per heavy atom. The Kier molecular flexibility index (Phi) is 60.4. The lowest BCUT2D eigenvalue weighted by Crippen LogP contribution is -2.42. The molecule has 146 heavy (non-hydrogen) atoms. The largest absolute Gasteiger partial charge is 0.466 e. The number of guanidine groups is 18. The molecule has 0 radical (unpaired) electrons. The van der Waals surface area contributed by atoms with E-state index in [1.54, 1.807) is 83.0 Å². The Bertz CT molecular complexity index is 5730. The highest BCUT2D eigenvalue weighted by atomic mass is 16.4. The van der Waals surface area contributed by atoms with Crippen molar-refractivity contribution in [2.45, 2.75) is 120 Å². The average Bonchev–Trinajstić information content (AvgIpc) is 1.77. The van der Waals surface area contributed by atoms with Crippen LogP contribution in [0.3, 0.4) is 0 Å². The van der Waals surface area contributed by atoms with Crippen LogP contribution in [0.4, 0.5) is 0 Å². The fourth-order valence-electron chi connectivity index (χ4n) is 10.8. The van der Waals surface area contributed by atoms with Crippen LogP contribution in [-0.2, 0) is 57.8 Å². The van der Waals surface area contributed by atoms with Gasteiger partial charge in [-0.15, -0.1) is 0 Å². The minimum absolute atomic E-state index is 0.00583. The maximum atomic E-state index is 7.54. The zero-order chi connectivity index (χ0) is 110. The lowest BCUT2D eigenvalue weighted by molar-refractivity contribution is 0.435. The minimum Gasteiger partial charge on any atom is -0.466 e. The van der Waals surface area contributed by atoms with Gasteiger partial charge in [0.05, 0.1) is 0 Å². The van der Waals surface area contributed by atoms with E-state index in [2.05, 4.69) is 85.5 Å². The number of hydrogen-bond donors (Lipinski definition) is 24. The first-order chi connectivity index (χ1) is 68.8. The first kappa shape index (κ1) is 126. The van der Waals surface area contributed by atoms with E-state index in [4.69, 9.17) is 165 Å². The summed E-state index contributed by atoms with van der Waals surface area (Å²) in [7, 11) is 18.8. The average molecular weight is 2040 g/mol. The number of nitrogens with zero attached hydrogens (tertiary/aromatic N) is 21. The molecule has 9 heterocycles. The number of nitrogens with one attached hydrogen (secondary N) is 5. The summed E-state index contributed by atoms with van der Waals surface area (Å²) in [6.07, 6.45) is 6.50. The summed E-state index contributed by atoms with van der Waals surface area (Å²) in [4.78, 5) is 68.0. The summed E-state index contributed by atoms with van der Waals surface area (Å²) in [6, 6.07) is 34.7. The van der Waals surface area contributed by atoms with Crippen molar-refractivity contribution in [1.82, 2.24) is 40.0 Å². The fourth-order valence-corrected chi connectivity index (χ4v) is 10.8. The SMILES string of the molecule is CN=C(N)N=C(N)N(C)CCc1ccc(C)o1.CN=C(N)NC(N)=NCCc1ccc(C)o1.CN=C(N=C(N)N)N(C)CCc1ccc(C)o1.CN=C(N=C(N)N)NCCc1ccc(C)o1.Cc1ccc(CCN(C)C(=N)N=C(N)N)o1.Cc1ccc(CCN(C)C(=N)N=C(N)N)o1.Cc1ccc(CCN=C(N)N(C)C(=N)N)o1.Cc1ccc(CCN=C(N)N=C(N)N(C)C)o1.Cc1ccc(CCN=C(N)N=C(N)N)o1. The molecule has 9 aromatic rings. The first-order valence-electron chi connectivity index (χ1n) is 45.3. The highest BCUT2D eigenvalue weighted by molar-refractivity contribution is 5.98. The number of hydrogen-bond acceptors (Lipinski definition) is 20. The van der Waals surface area contributed by atoms with Gasteiger partial charge in [-0.3, -0.25) is 66.4 Å². The van der Waals surface area contributed by atoms with Gasteiger partial charge in [0.1, 0.15) is 104 Å². The van der Waals surface area contributed by atoms with Gasteiger partial charge in [0.15, 0.2) is 65.6 Å². The fraction of sp³-hybridized carbons (Fsp3) is 0.413. The standard InChI is InChI=1S/3C11H19N5O.5C10H17N5O.C9H15N5O/c1-8-4-5-9(17-8)6-7-14-10(12)15-11(13)16(2)3;1-8-4-5-9(17-8)6-7-16(3)11(13)15-10(12)14-2;1-8-4-5-9(17-8)6-7-16(3)11(14-2)15-10(12)13;1-7-3-4-8(16-7)5-6-14-10(12)15-9(11)13-2;2*1-7-3-4-8(16-7)5-6-15(2)10(13)14-9(11)12;1-7-3-4-8(16-7)5-6-14-10(13)15(2)9(11)12;1-7-3-4-8(16-7)5-6-14-10(13-2)15-9(11)12;1-6-2-3-7(15-6)4-5-13-9(12)14-8(10)11/h3*4-5H,6-7H2,1-3H3,(H4,12,13,14,15);3-4H,5-6H2,1-2H3,(H5,11,12,13,14,15);2*3-4H,5-6H2,1-2H3,(H5,11,12,13,14);3-4H,5-6H2,1-2H3,(H3,11,12)(H2,13,14);3-4H,5-6H2,1-2H3,(H5,11,12,13,14,15);2-3H,4-5H2,1H3,(H6,10,11,12,13,14). The van der Waals surface area contributed by atoms with Crippen LogP contribution in [0.1, 0.15) is 104 Å². The molecule has 9 aromatic heterocycles. The second-order valence-corrected chi connectivity index (χ2v) is 31.5. The van der Waals surface area contributed by atoms with Gasteiger partial charge in [-0.25, -0.2) is 0 Å². The van der Waals surface area contributed by atoms with Crippen molar-refractivity contribution in [3.8, 4) is 0 Å². The van der Waals surface area contributed by atoms with E-state index in [1.807, 2.05) is 191 Å². The molecule has 0 saturated heterocycles. The number of aliphatic imine (C=N–C) groups is 15. The van der Waals surface area contributed by atoms with Crippen molar-refractivity contribution in [3.63, 3.8) is 0 Å². The molecular formula is C92H157N45O9. The van der Waals surface area contributed by atoms with Crippen LogP contribution in [-0.4, -0.2) is 273 Å². The molecule has 0 fully saturated rings. The Morgan fingerprint density at radius 2 is 0.562 bits per heavy atom. The number of nitrogens with two attached hydrogens (primary N) is 19. The monoisotopic (exact) mass is 2040 g/mol. The number of furan rings is 9. The molecule has 0 aliphatic carbocycles. The van der Waals surface area contributed by atoms with Gasteiger partial charge < -0.3 is 179 Å². The minimum atomic E-state index is -0.130. The molecule has 43 N–H and O–H groups in total. The summed E-state index contributed by atoms with van der Waals surface area (Å²) >= 11 is 0. The van der Waals surface area contributed by atoms with E-state index in [0.717, 1.165) is 129 Å². The third-order valence-corrected chi connectivity index (χ3v) is 18.5. The smallest absolute Gasteiger partial charge is 0.223 e. The van der Waals surface area contributed by atoms with Crippen molar-refractivity contribution in [2.24, 2.45) is 184 Å². The molecule has 0 aliphatic rings. The maximum Gasteiger partial charge on any atom is 0.223 e. The molecule has 0 aromatic carbocycles. The van der Waals surface area contributed by atoms with Crippen molar-refractivity contribution in [3.05, 3.63) is 213 Å². The predicted molar refractivity (Wildman–Crippen MR) is 585 cm³/mol. The summed E-state index contributed by atoms with van der Waals surface area (Å²) in [5.74, 6) is 18.6. The number of rotatable bonds is 27. The molecular weight excluding hydrogens is 1880 g/mol. The van der Waals surface area contributed by atoms with Crippen LogP contribution in [0.15, 0.2) is 224 Å². The highest BCUT2D eigenvalue weighted by Crippen LogP contribution is 2.15. The molecule has 0 bridgehead atoms. The topological polar surface area (TPSA) is 913 Å². The van der Waals surface area contributed by atoms with Crippen LogP contribution in [0.5, 0.6) is 0 Å². The van der Waals surface area contributed by atoms with Gasteiger partial charge in [-0.1, -0.05) is 0 Å². The van der Waals surface area contributed by atoms with Crippen LogP contribution in [0.2, 0.25) is 0 Å². The first-order valence-corrected chi connectivity index (χ1v) is 45.3. The molecule has 0 unspecified atom stereocenters. The second-order valence-electron chi connectivity index (χ2n) is 31.5. The summed E-state index contributed by atoms with van der Waals surface area (Å²) in [6.45, 7) is 22.6. The van der Waals surface area contributed by atoms with Gasteiger partial charge >= 0.3 is 0 Å². The van der Waals surface area contributed by atoms with E-state index in [0.29, 0.717) is 115 Å².